The Bertz CT molecular complexity index is 394. The van der Waals surface area contributed by atoms with Crippen molar-refractivity contribution in [2.75, 3.05) is 19.8 Å². The van der Waals surface area contributed by atoms with Crippen molar-refractivity contribution < 1.29 is 14.6 Å². The Labute approximate surface area is 128 Å². The molecule has 2 N–H and O–H groups in total. The molecule has 1 rings (SSSR count). The van der Waals surface area contributed by atoms with Gasteiger partial charge in [0, 0.05) is 30.8 Å². The third-order valence-electron chi connectivity index (χ3n) is 3.02. The van der Waals surface area contributed by atoms with Gasteiger partial charge in [-0.3, -0.25) is 0 Å². The number of unbranched alkanes of at least 4 members (excludes halogenated alkanes) is 1. The largest absolute Gasteiger partial charge is 0.493 e. The van der Waals surface area contributed by atoms with Gasteiger partial charge < -0.3 is 19.9 Å². The molecule has 4 nitrogen and oxygen atoms in total. The zero-order valence-electron chi connectivity index (χ0n) is 13.5. The van der Waals surface area contributed by atoms with Crippen LogP contribution >= 0.6 is 0 Å². The van der Waals surface area contributed by atoms with Crippen LogP contribution in [0.1, 0.15) is 45.6 Å². The second-order valence-electron chi connectivity index (χ2n) is 5.43. The minimum Gasteiger partial charge on any atom is -0.493 e. The van der Waals surface area contributed by atoms with E-state index in [2.05, 4.69) is 32.2 Å². The SMILES string of the molecule is CCCOc1ccc(CNC(C)C)c(OCCCCO)c1. The molecule has 0 amide bonds. The first kappa shape index (κ1) is 17.8. The van der Waals surface area contributed by atoms with E-state index in [1.54, 1.807) is 0 Å². The second kappa shape index (κ2) is 10.5. The summed E-state index contributed by atoms with van der Waals surface area (Å²) in [4.78, 5) is 0. The number of rotatable bonds is 11. The Morgan fingerprint density at radius 3 is 2.62 bits per heavy atom. The lowest BCUT2D eigenvalue weighted by atomic mass is 10.1. The molecule has 0 heterocycles. The Kier molecular flexibility index (Phi) is 8.87. The van der Waals surface area contributed by atoms with Gasteiger partial charge in [-0.1, -0.05) is 26.8 Å². The Hall–Kier alpha value is -1.26. The highest BCUT2D eigenvalue weighted by atomic mass is 16.5. The summed E-state index contributed by atoms with van der Waals surface area (Å²) < 4.78 is 11.5. The zero-order valence-corrected chi connectivity index (χ0v) is 13.5. The molecule has 0 radical (unpaired) electrons. The van der Waals surface area contributed by atoms with Gasteiger partial charge in [0.2, 0.25) is 0 Å². The lowest BCUT2D eigenvalue weighted by Gasteiger charge is -2.15. The van der Waals surface area contributed by atoms with Crippen LogP contribution in [0.15, 0.2) is 18.2 Å². The standard InChI is InChI=1S/C17H29NO3/c1-4-10-20-16-8-7-15(13-18-14(2)3)17(12-16)21-11-6-5-9-19/h7-8,12,14,18-19H,4-6,9-11,13H2,1-3H3. The van der Waals surface area contributed by atoms with E-state index in [0.29, 0.717) is 19.3 Å². The number of ether oxygens (including phenoxy) is 2. The first-order valence-electron chi connectivity index (χ1n) is 7.90. The molecular weight excluding hydrogens is 266 g/mol. The predicted octanol–water partition coefficient (Wildman–Crippen LogP) is 3.12. The molecule has 0 aliphatic carbocycles. The maximum absolute atomic E-state index is 8.82. The van der Waals surface area contributed by atoms with Gasteiger partial charge in [-0.15, -0.1) is 0 Å². The summed E-state index contributed by atoms with van der Waals surface area (Å²) in [5, 5.41) is 12.2. The lowest BCUT2D eigenvalue weighted by Crippen LogP contribution is -2.22. The normalized spacial score (nSPS) is 10.9. The monoisotopic (exact) mass is 295 g/mol. The summed E-state index contributed by atoms with van der Waals surface area (Å²) >= 11 is 0. The fourth-order valence-corrected chi connectivity index (χ4v) is 1.84. The molecule has 1 aromatic carbocycles. The summed E-state index contributed by atoms with van der Waals surface area (Å²) in [7, 11) is 0. The maximum atomic E-state index is 8.82. The smallest absolute Gasteiger partial charge is 0.127 e. The molecule has 0 aliphatic heterocycles. The molecule has 0 bridgehead atoms. The van der Waals surface area contributed by atoms with Crippen molar-refractivity contribution in [3.63, 3.8) is 0 Å². The van der Waals surface area contributed by atoms with Crippen LogP contribution in [0.3, 0.4) is 0 Å². The first-order valence-corrected chi connectivity index (χ1v) is 7.90. The zero-order chi connectivity index (χ0) is 15.5. The summed E-state index contributed by atoms with van der Waals surface area (Å²) in [6.07, 6.45) is 2.61. The molecule has 1 aromatic rings. The molecule has 120 valence electrons. The molecule has 0 atom stereocenters. The molecule has 0 spiro atoms. The fraction of sp³-hybridized carbons (Fsp3) is 0.647. The predicted molar refractivity (Wildman–Crippen MR) is 86.0 cm³/mol. The molecule has 0 fully saturated rings. The molecule has 4 heteroatoms. The highest BCUT2D eigenvalue weighted by Gasteiger charge is 2.07. The van der Waals surface area contributed by atoms with Gasteiger partial charge in [0.15, 0.2) is 0 Å². The third kappa shape index (κ3) is 7.34. The van der Waals surface area contributed by atoms with E-state index in [0.717, 1.165) is 42.9 Å². The van der Waals surface area contributed by atoms with Crippen LogP contribution in [0.25, 0.3) is 0 Å². The van der Waals surface area contributed by atoms with E-state index in [1.165, 1.54) is 0 Å². The molecular formula is C17H29NO3. The second-order valence-corrected chi connectivity index (χ2v) is 5.43. The minimum atomic E-state index is 0.213. The maximum Gasteiger partial charge on any atom is 0.127 e. The average molecular weight is 295 g/mol. The van der Waals surface area contributed by atoms with Gasteiger partial charge in [0.05, 0.1) is 13.2 Å². The number of hydrogen-bond donors (Lipinski definition) is 2. The number of aliphatic hydroxyl groups excluding tert-OH is 1. The van der Waals surface area contributed by atoms with Crippen LogP contribution in [0.2, 0.25) is 0 Å². The summed E-state index contributed by atoms with van der Waals surface area (Å²) in [5.41, 5.74) is 1.14. The third-order valence-corrected chi connectivity index (χ3v) is 3.02. The summed E-state index contributed by atoms with van der Waals surface area (Å²) in [6, 6.07) is 6.45. The van der Waals surface area contributed by atoms with Gasteiger partial charge in [0.25, 0.3) is 0 Å². The van der Waals surface area contributed by atoms with Crippen LogP contribution in [0.4, 0.5) is 0 Å². The van der Waals surface area contributed by atoms with Crippen molar-refractivity contribution in [3.8, 4) is 11.5 Å². The van der Waals surface area contributed by atoms with E-state index in [9.17, 15) is 0 Å². The quantitative estimate of drug-likeness (QED) is 0.616. The minimum absolute atomic E-state index is 0.213. The Morgan fingerprint density at radius 1 is 1.14 bits per heavy atom. The van der Waals surface area contributed by atoms with E-state index in [-0.39, 0.29) is 6.61 Å². The average Bonchev–Trinajstić information content (AvgIpc) is 2.48. The van der Waals surface area contributed by atoms with Crippen LogP contribution in [0.5, 0.6) is 11.5 Å². The topological polar surface area (TPSA) is 50.7 Å². The van der Waals surface area contributed by atoms with Gasteiger partial charge in [-0.05, 0) is 25.3 Å². The molecule has 0 saturated heterocycles. The van der Waals surface area contributed by atoms with Crippen molar-refractivity contribution in [3.05, 3.63) is 23.8 Å². The van der Waals surface area contributed by atoms with Crippen molar-refractivity contribution in [1.82, 2.24) is 5.32 Å². The van der Waals surface area contributed by atoms with E-state index in [1.807, 2.05) is 12.1 Å². The fourth-order valence-electron chi connectivity index (χ4n) is 1.84. The van der Waals surface area contributed by atoms with Crippen LogP contribution in [-0.4, -0.2) is 31.0 Å². The van der Waals surface area contributed by atoms with Crippen LogP contribution in [-0.2, 0) is 6.54 Å². The molecule has 0 saturated carbocycles. The molecule has 0 aliphatic rings. The highest BCUT2D eigenvalue weighted by molar-refractivity contribution is 5.40. The summed E-state index contributed by atoms with van der Waals surface area (Å²) in [5.74, 6) is 1.72. The summed E-state index contributed by atoms with van der Waals surface area (Å²) in [6.45, 7) is 8.67. The van der Waals surface area contributed by atoms with E-state index < -0.39 is 0 Å². The van der Waals surface area contributed by atoms with E-state index in [4.69, 9.17) is 14.6 Å². The van der Waals surface area contributed by atoms with Crippen molar-refractivity contribution in [2.45, 2.75) is 52.6 Å². The highest BCUT2D eigenvalue weighted by Crippen LogP contribution is 2.25. The number of hydrogen-bond acceptors (Lipinski definition) is 4. The molecule has 0 aromatic heterocycles. The van der Waals surface area contributed by atoms with Gasteiger partial charge >= 0.3 is 0 Å². The Morgan fingerprint density at radius 2 is 1.95 bits per heavy atom. The molecule has 0 unspecified atom stereocenters. The van der Waals surface area contributed by atoms with Gasteiger partial charge in [-0.25, -0.2) is 0 Å². The number of aliphatic hydroxyl groups is 1. The van der Waals surface area contributed by atoms with Gasteiger partial charge in [0.1, 0.15) is 11.5 Å². The van der Waals surface area contributed by atoms with Crippen molar-refractivity contribution >= 4 is 0 Å². The lowest BCUT2D eigenvalue weighted by molar-refractivity contribution is 0.250. The van der Waals surface area contributed by atoms with Crippen LogP contribution in [0, 0.1) is 0 Å². The van der Waals surface area contributed by atoms with Gasteiger partial charge in [-0.2, -0.15) is 0 Å². The van der Waals surface area contributed by atoms with Crippen molar-refractivity contribution in [2.24, 2.45) is 0 Å². The Balaban J connectivity index is 2.69. The van der Waals surface area contributed by atoms with Crippen LogP contribution < -0.4 is 14.8 Å². The first-order chi connectivity index (χ1) is 10.2. The van der Waals surface area contributed by atoms with Crippen molar-refractivity contribution in [1.29, 1.82) is 0 Å². The number of nitrogens with one attached hydrogen (secondary N) is 1. The number of benzene rings is 1. The molecule has 21 heavy (non-hydrogen) atoms. The van der Waals surface area contributed by atoms with E-state index >= 15 is 0 Å².